The fourth-order valence-corrected chi connectivity index (χ4v) is 9.75. The molecule has 0 saturated heterocycles. The summed E-state index contributed by atoms with van der Waals surface area (Å²) in [7, 11) is 0. The van der Waals surface area contributed by atoms with Gasteiger partial charge in [0.2, 0.25) is 0 Å². The highest BCUT2D eigenvalue weighted by molar-refractivity contribution is 6.32. The van der Waals surface area contributed by atoms with Crippen LogP contribution >= 0.6 is 0 Å². The van der Waals surface area contributed by atoms with Crippen molar-refractivity contribution in [2.45, 2.75) is 6.18 Å². The molecule has 11 aromatic carbocycles. The van der Waals surface area contributed by atoms with E-state index >= 15 is 0 Å². The minimum atomic E-state index is -4.47. The van der Waals surface area contributed by atoms with E-state index in [1.165, 1.54) is 66.2 Å². The van der Waals surface area contributed by atoms with Crippen LogP contribution in [0.4, 0.5) is 13.2 Å². The van der Waals surface area contributed by atoms with Crippen LogP contribution in [0.15, 0.2) is 224 Å². The molecule has 0 unspecified atom stereocenters. The van der Waals surface area contributed by atoms with Crippen LogP contribution in [0.3, 0.4) is 0 Å². The Morgan fingerprint density at radius 3 is 1.12 bits per heavy atom. The minimum absolute atomic E-state index is 0.286. The van der Waals surface area contributed by atoms with Crippen molar-refractivity contribution in [1.82, 2.24) is 9.55 Å². The van der Waals surface area contributed by atoms with Crippen molar-refractivity contribution in [3.8, 4) is 72.7 Å². The molecule has 0 N–H and O–H groups in total. The second-order valence-electron chi connectivity index (χ2n) is 16.6. The molecule has 2 nitrogen and oxygen atoms in total. The highest BCUT2D eigenvalue weighted by Crippen LogP contribution is 2.48. The number of halogens is 3. The van der Waals surface area contributed by atoms with Crippen molar-refractivity contribution in [2.75, 3.05) is 0 Å². The third kappa shape index (κ3) is 6.55. The number of benzene rings is 11. The van der Waals surface area contributed by atoms with Gasteiger partial charge in [-0.15, -0.1) is 0 Å². The molecule has 0 aliphatic carbocycles. The van der Waals surface area contributed by atoms with Gasteiger partial charge in [-0.2, -0.15) is 13.2 Å². The van der Waals surface area contributed by atoms with E-state index < -0.39 is 11.7 Å². The normalized spacial score (nSPS) is 11.9. The van der Waals surface area contributed by atoms with Crippen LogP contribution < -0.4 is 0 Å². The van der Waals surface area contributed by atoms with Gasteiger partial charge < -0.3 is 0 Å². The molecular formula is C60H37F3N2. The Hall–Kier alpha value is -8.28. The van der Waals surface area contributed by atoms with Crippen LogP contribution in [-0.2, 0) is 6.18 Å². The molecule has 5 heteroatoms. The van der Waals surface area contributed by atoms with Crippen molar-refractivity contribution >= 4 is 43.4 Å². The highest BCUT2D eigenvalue weighted by atomic mass is 19.4. The summed E-state index contributed by atoms with van der Waals surface area (Å²) >= 11 is 0. The predicted octanol–water partition coefficient (Wildman–Crippen LogP) is 16.9. The summed E-state index contributed by atoms with van der Waals surface area (Å²) in [5.41, 5.74) is 13.3. The zero-order valence-corrected chi connectivity index (χ0v) is 34.9. The monoisotopic (exact) mass is 842 g/mol. The highest BCUT2D eigenvalue weighted by Gasteiger charge is 2.31. The van der Waals surface area contributed by atoms with Gasteiger partial charge in [0.25, 0.3) is 0 Å². The lowest BCUT2D eigenvalue weighted by atomic mass is 9.82. The van der Waals surface area contributed by atoms with Crippen molar-refractivity contribution in [1.29, 1.82) is 0 Å². The van der Waals surface area contributed by atoms with Crippen molar-refractivity contribution in [2.24, 2.45) is 0 Å². The molecule has 0 aliphatic heterocycles. The molecule has 0 saturated carbocycles. The number of nitrogens with zero attached hydrogens (tertiary/aromatic N) is 2. The number of aromatic nitrogens is 2. The lowest BCUT2D eigenvalue weighted by molar-refractivity contribution is -0.137. The maximum Gasteiger partial charge on any atom is 0.416 e. The molecule has 0 fully saturated rings. The number of hydrogen-bond donors (Lipinski definition) is 0. The van der Waals surface area contributed by atoms with Gasteiger partial charge in [0.15, 0.2) is 0 Å². The molecule has 0 spiro atoms. The van der Waals surface area contributed by atoms with E-state index in [0.29, 0.717) is 11.3 Å². The summed E-state index contributed by atoms with van der Waals surface area (Å²) in [6.07, 6.45) is -4.47. The number of alkyl halides is 3. The maximum absolute atomic E-state index is 13.7. The number of imidazole rings is 1. The zero-order chi connectivity index (χ0) is 43.6. The molecule has 12 rings (SSSR count). The maximum atomic E-state index is 13.7. The van der Waals surface area contributed by atoms with E-state index in [2.05, 4.69) is 164 Å². The lowest BCUT2D eigenvalue weighted by Gasteiger charge is -2.21. The second kappa shape index (κ2) is 15.2. The smallest absolute Gasteiger partial charge is 0.292 e. The molecule has 1 aromatic heterocycles. The largest absolute Gasteiger partial charge is 0.416 e. The number of rotatable bonds is 7. The minimum Gasteiger partial charge on any atom is -0.292 e. The van der Waals surface area contributed by atoms with Crippen LogP contribution in [0.5, 0.6) is 0 Å². The molecule has 1 heterocycles. The Morgan fingerprint density at radius 2 is 0.708 bits per heavy atom. The van der Waals surface area contributed by atoms with Gasteiger partial charge in [-0.3, -0.25) is 4.57 Å². The number of fused-ring (bicyclic) bond motifs is 1. The lowest BCUT2D eigenvalue weighted by Crippen LogP contribution is -2.04. The van der Waals surface area contributed by atoms with E-state index in [1.54, 1.807) is 0 Å². The molecule has 0 bridgehead atoms. The molecule has 0 aliphatic rings. The van der Waals surface area contributed by atoms with Gasteiger partial charge in [-0.25, -0.2) is 4.98 Å². The van der Waals surface area contributed by atoms with Crippen molar-refractivity contribution in [3.05, 3.63) is 230 Å². The van der Waals surface area contributed by atoms with Gasteiger partial charge in [-0.05, 0) is 130 Å². The molecule has 0 amide bonds. The van der Waals surface area contributed by atoms with Gasteiger partial charge in [-0.1, -0.05) is 182 Å². The van der Waals surface area contributed by atoms with Crippen LogP contribution in [0.2, 0.25) is 0 Å². The van der Waals surface area contributed by atoms with E-state index in [-0.39, 0.29) is 5.52 Å². The Kier molecular flexibility index (Phi) is 8.99. The fraction of sp³-hybridized carbons (Fsp3) is 0.0167. The summed E-state index contributed by atoms with van der Waals surface area (Å²) in [4.78, 5) is 4.73. The van der Waals surface area contributed by atoms with Gasteiger partial charge in [0, 0.05) is 11.3 Å². The van der Waals surface area contributed by atoms with Crippen LogP contribution in [-0.4, -0.2) is 9.55 Å². The zero-order valence-electron chi connectivity index (χ0n) is 34.9. The predicted molar refractivity (Wildman–Crippen MR) is 262 cm³/mol. The van der Waals surface area contributed by atoms with Crippen molar-refractivity contribution < 1.29 is 13.2 Å². The van der Waals surface area contributed by atoms with Gasteiger partial charge in [0.05, 0.1) is 16.6 Å². The Balaban J connectivity index is 0.996. The average molecular weight is 843 g/mol. The van der Waals surface area contributed by atoms with E-state index in [4.69, 9.17) is 4.98 Å². The molecule has 12 aromatic rings. The van der Waals surface area contributed by atoms with Crippen LogP contribution in [0.25, 0.3) is 116 Å². The average Bonchev–Trinajstić information content (AvgIpc) is 3.75. The first kappa shape index (κ1) is 38.4. The van der Waals surface area contributed by atoms with Gasteiger partial charge >= 0.3 is 6.18 Å². The number of hydrogen-bond acceptors (Lipinski definition) is 1. The first-order valence-electron chi connectivity index (χ1n) is 21.7. The molecule has 0 radical (unpaired) electrons. The fourth-order valence-electron chi connectivity index (χ4n) is 9.75. The van der Waals surface area contributed by atoms with Crippen LogP contribution in [0.1, 0.15) is 5.56 Å². The van der Waals surface area contributed by atoms with Gasteiger partial charge in [0.1, 0.15) is 5.82 Å². The summed E-state index contributed by atoms with van der Waals surface area (Å²) in [6, 6.07) is 76.3. The van der Waals surface area contributed by atoms with E-state index in [9.17, 15) is 13.2 Å². The molecular weight excluding hydrogens is 806 g/mol. The Bertz CT molecular complexity index is 3630. The summed E-state index contributed by atoms with van der Waals surface area (Å²) in [5.74, 6) is 0.577. The summed E-state index contributed by atoms with van der Waals surface area (Å²) in [5, 5.41) is 7.38. The van der Waals surface area contributed by atoms with E-state index in [1.807, 2.05) is 47.0 Å². The van der Waals surface area contributed by atoms with Crippen LogP contribution in [0, 0.1) is 0 Å². The summed E-state index contributed by atoms with van der Waals surface area (Å²) in [6.45, 7) is 0. The van der Waals surface area contributed by atoms with E-state index in [0.717, 1.165) is 51.2 Å². The SMILES string of the molecule is FC(F)(F)c1ccc2c(c1)nc(-c1ccccc1)n2-c1ccc(-c2ccc(-c3cc(-c4ccccc4)c4ccc5c(-c6ccccc6)cc(-c6ccccc6)c6ccc3c4c56)cc2)cc1. The Labute approximate surface area is 373 Å². The summed E-state index contributed by atoms with van der Waals surface area (Å²) < 4.78 is 43.1. The second-order valence-corrected chi connectivity index (χ2v) is 16.6. The third-order valence-corrected chi connectivity index (χ3v) is 12.8. The molecule has 0 atom stereocenters. The topological polar surface area (TPSA) is 17.8 Å². The quantitative estimate of drug-likeness (QED) is 0.146. The Morgan fingerprint density at radius 1 is 0.338 bits per heavy atom. The first-order valence-corrected chi connectivity index (χ1v) is 21.7. The first-order chi connectivity index (χ1) is 31.9. The van der Waals surface area contributed by atoms with Crippen molar-refractivity contribution in [3.63, 3.8) is 0 Å². The standard InChI is InChI=1S/C60H37F3N2/c61-60(62,63)45-27-34-56-55(35-45)64-59(44-19-11-4-12-20-44)65(56)46-28-25-39(26-29-46)38-21-23-43(24-22-38)54-37-53(42-17-9-3-10-18-42)49-31-30-47-51(40-13-5-1-6-14-40)36-52(41-15-7-2-8-16-41)48-32-33-50(54)58(49)57(47)48/h1-37H. The molecule has 65 heavy (non-hydrogen) atoms. The molecule has 308 valence electrons. The third-order valence-electron chi connectivity index (χ3n) is 12.8.